The molecule has 0 spiro atoms. The van der Waals surface area contributed by atoms with Crippen LogP contribution < -0.4 is 4.72 Å². The molecule has 3 nitrogen and oxygen atoms in total. The van der Waals surface area contributed by atoms with E-state index in [1.807, 2.05) is 6.92 Å². The van der Waals surface area contributed by atoms with Gasteiger partial charge in [0.2, 0.25) is 0 Å². The van der Waals surface area contributed by atoms with E-state index in [4.69, 9.17) is 4.74 Å². The third-order valence-electron chi connectivity index (χ3n) is 1.38. The lowest BCUT2D eigenvalue weighted by atomic mass is 10.4. The molecular weight excluding hydrogens is 138 g/mol. The van der Waals surface area contributed by atoms with Crippen LogP contribution in [0.2, 0.25) is 0 Å². The zero-order valence-corrected chi connectivity index (χ0v) is 6.07. The Balaban J connectivity index is 2.25. The van der Waals surface area contributed by atoms with Crippen LogP contribution in [0.5, 0.6) is 0 Å². The molecule has 0 unspecified atom stereocenters. The van der Waals surface area contributed by atoms with Crippen molar-refractivity contribution in [2.75, 3.05) is 0 Å². The maximum Gasteiger partial charge on any atom is 0.417 e. The summed E-state index contributed by atoms with van der Waals surface area (Å²) in [4.78, 5) is 10.5. The molecule has 0 aromatic carbocycles. The Kier molecular flexibility index (Phi) is 1.57. The Morgan fingerprint density at radius 2 is 2.33 bits per heavy atom. The van der Waals surface area contributed by atoms with E-state index in [-0.39, 0.29) is 5.60 Å². The van der Waals surface area contributed by atoms with Gasteiger partial charge in [0, 0.05) is 0 Å². The van der Waals surface area contributed by atoms with Crippen molar-refractivity contribution in [1.29, 1.82) is 0 Å². The summed E-state index contributed by atoms with van der Waals surface area (Å²) in [6, 6.07) is 0. The van der Waals surface area contributed by atoms with Gasteiger partial charge in [-0.05, 0) is 19.8 Å². The van der Waals surface area contributed by atoms with Crippen LogP contribution in [-0.4, -0.2) is 11.7 Å². The second-order valence-electron chi connectivity index (χ2n) is 2.45. The molecule has 1 aliphatic carbocycles. The molecule has 4 heteroatoms. The molecule has 1 N–H and O–H groups in total. The Bertz CT molecular complexity index is 133. The van der Waals surface area contributed by atoms with Gasteiger partial charge in [-0.25, -0.2) is 4.79 Å². The number of carbonyl (C=O) groups is 1. The van der Waals surface area contributed by atoms with Crippen LogP contribution >= 0.6 is 12.8 Å². The van der Waals surface area contributed by atoms with Crippen LogP contribution in [0.3, 0.4) is 0 Å². The molecule has 1 fully saturated rings. The summed E-state index contributed by atoms with van der Waals surface area (Å²) in [5, 5.41) is 0. The van der Waals surface area contributed by atoms with Crippen LogP contribution in [0.15, 0.2) is 0 Å². The quantitative estimate of drug-likeness (QED) is 0.545. The second kappa shape index (κ2) is 2.10. The van der Waals surface area contributed by atoms with E-state index in [1.54, 1.807) is 0 Å². The van der Waals surface area contributed by atoms with Crippen molar-refractivity contribution in [3.63, 3.8) is 0 Å². The molecule has 0 aliphatic heterocycles. The number of nitrogens with one attached hydrogen (secondary N) is 1. The average molecular weight is 147 g/mol. The van der Waals surface area contributed by atoms with Gasteiger partial charge in [-0.2, -0.15) is 0 Å². The number of hydrogen-bond donors (Lipinski definition) is 2. The van der Waals surface area contributed by atoms with Gasteiger partial charge < -0.3 is 4.74 Å². The van der Waals surface area contributed by atoms with E-state index in [2.05, 4.69) is 17.5 Å². The van der Waals surface area contributed by atoms with Gasteiger partial charge in [0.25, 0.3) is 0 Å². The number of rotatable bonds is 1. The summed E-state index contributed by atoms with van der Waals surface area (Å²) in [6.07, 6.45) is 1.47. The summed E-state index contributed by atoms with van der Waals surface area (Å²) in [7, 11) is 0. The minimum atomic E-state index is -0.460. The molecule has 0 bridgehead atoms. The lowest BCUT2D eigenvalue weighted by molar-refractivity contribution is 0.0994. The standard InChI is InChI=1S/C5H9NO2S/c1-5(2-3-5)8-4(7)6-9/h9H,2-3H2,1H3,(H,6,7). The molecule has 0 saturated heterocycles. The van der Waals surface area contributed by atoms with Crippen LogP contribution in [0, 0.1) is 0 Å². The van der Waals surface area contributed by atoms with E-state index in [0.29, 0.717) is 0 Å². The Hall–Kier alpha value is -0.380. The highest BCUT2D eigenvalue weighted by Gasteiger charge is 2.41. The molecule has 1 amide bonds. The monoisotopic (exact) mass is 147 g/mol. The van der Waals surface area contributed by atoms with Crippen molar-refractivity contribution in [1.82, 2.24) is 4.72 Å². The highest BCUT2D eigenvalue weighted by molar-refractivity contribution is 7.78. The Morgan fingerprint density at radius 3 is 2.67 bits per heavy atom. The maximum absolute atomic E-state index is 10.5. The van der Waals surface area contributed by atoms with Crippen molar-refractivity contribution in [2.24, 2.45) is 0 Å². The molecule has 0 aromatic heterocycles. The predicted molar refractivity (Wildman–Crippen MR) is 36.2 cm³/mol. The van der Waals surface area contributed by atoms with Crippen molar-refractivity contribution in [2.45, 2.75) is 25.4 Å². The van der Waals surface area contributed by atoms with Crippen molar-refractivity contribution in [3.8, 4) is 0 Å². The van der Waals surface area contributed by atoms with E-state index >= 15 is 0 Å². The third-order valence-corrected chi connectivity index (χ3v) is 1.57. The fraction of sp³-hybridized carbons (Fsp3) is 0.800. The van der Waals surface area contributed by atoms with Crippen molar-refractivity contribution < 1.29 is 9.53 Å². The average Bonchev–Trinajstić information content (AvgIpc) is 2.48. The smallest absolute Gasteiger partial charge is 0.417 e. The SMILES string of the molecule is CC1(OC(=O)NS)CC1. The predicted octanol–water partition coefficient (Wildman–Crippen LogP) is 1.11. The lowest BCUT2D eigenvalue weighted by Gasteiger charge is -2.08. The normalized spacial score (nSPS) is 20.7. The minimum absolute atomic E-state index is 0.188. The molecule has 0 radical (unpaired) electrons. The van der Waals surface area contributed by atoms with Crippen molar-refractivity contribution >= 4 is 18.9 Å². The largest absolute Gasteiger partial charge is 0.443 e. The number of carbonyl (C=O) groups excluding carboxylic acids is 1. The topological polar surface area (TPSA) is 38.3 Å². The third kappa shape index (κ3) is 1.78. The molecule has 0 aromatic rings. The summed E-state index contributed by atoms with van der Waals surface area (Å²) in [6.45, 7) is 1.90. The van der Waals surface area contributed by atoms with Gasteiger partial charge in [0.15, 0.2) is 0 Å². The zero-order chi connectivity index (χ0) is 6.91. The molecule has 52 valence electrons. The zero-order valence-electron chi connectivity index (χ0n) is 5.18. The Labute approximate surface area is 59.3 Å². The molecule has 9 heavy (non-hydrogen) atoms. The molecule has 0 heterocycles. The first kappa shape index (κ1) is 6.74. The van der Waals surface area contributed by atoms with Crippen LogP contribution in [-0.2, 0) is 4.74 Å². The van der Waals surface area contributed by atoms with E-state index in [0.717, 1.165) is 12.8 Å². The summed E-state index contributed by atoms with van der Waals surface area (Å²) >= 11 is 3.53. The van der Waals surface area contributed by atoms with Gasteiger partial charge in [0.1, 0.15) is 5.60 Å². The Morgan fingerprint density at radius 1 is 1.78 bits per heavy atom. The molecular formula is C5H9NO2S. The maximum atomic E-state index is 10.5. The van der Waals surface area contributed by atoms with Gasteiger partial charge in [-0.1, -0.05) is 12.8 Å². The lowest BCUT2D eigenvalue weighted by Crippen LogP contribution is -2.21. The summed E-state index contributed by atoms with van der Waals surface area (Å²) in [5.74, 6) is 0. The van der Waals surface area contributed by atoms with E-state index in [1.165, 1.54) is 0 Å². The number of ether oxygens (including phenoxy) is 1. The number of amides is 1. The fourth-order valence-electron chi connectivity index (χ4n) is 0.525. The number of thiol groups is 1. The van der Waals surface area contributed by atoms with Gasteiger partial charge in [0.05, 0.1) is 0 Å². The highest BCUT2D eigenvalue weighted by Crippen LogP contribution is 2.38. The van der Waals surface area contributed by atoms with Crippen LogP contribution in [0.4, 0.5) is 4.79 Å². The fourth-order valence-corrected chi connectivity index (χ4v) is 0.570. The first-order chi connectivity index (χ1) is 4.16. The first-order valence-electron chi connectivity index (χ1n) is 2.79. The second-order valence-corrected chi connectivity index (χ2v) is 2.67. The molecule has 0 atom stereocenters. The minimum Gasteiger partial charge on any atom is -0.443 e. The van der Waals surface area contributed by atoms with Gasteiger partial charge in [-0.15, -0.1) is 0 Å². The van der Waals surface area contributed by atoms with E-state index < -0.39 is 6.09 Å². The highest BCUT2D eigenvalue weighted by atomic mass is 32.1. The molecule has 1 aliphatic rings. The summed E-state index contributed by atoms with van der Waals surface area (Å²) in [5.41, 5.74) is -0.188. The summed E-state index contributed by atoms with van der Waals surface area (Å²) < 4.78 is 6.97. The van der Waals surface area contributed by atoms with Crippen LogP contribution in [0.1, 0.15) is 19.8 Å². The van der Waals surface area contributed by atoms with E-state index in [9.17, 15) is 4.79 Å². The van der Waals surface area contributed by atoms with Gasteiger partial charge in [-0.3, -0.25) is 4.72 Å². The molecule has 1 rings (SSSR count). The molecule has 1 saturated carbocycles. The van der Waals surface area contributed by atoms with Crippen LogP contribution in [0.25, 0.3) is 0 Å². The van der Waals surface area contributed by atoms with Crippen molar-refractivity contribution in [3.05, 3.63) is 0 Å². The van der Waals surface area contributed by atoms with Gasteiger partial charge >= 0.3 is 6.09 Å². The first-order valence-corrected chi connectivity index (χ1v) is 3.24. The number of hydrogen-bond acceptors (Lipinski definition) is 3.